The van der Waals surface area contributed by atoms with Crippen molar-refractivity contribution in [3.05, 3.63) is 34.9 Å². The molecule has 0 saturated heterocycles. The lowest BCUT2D eigenvalue weighted by Gasteiger charge is -2.26. The van der Waals surface area contributed by atoms with E-state index in [1.165, 1.54) is 42.4 Å². The van der Waals surface area contributed by atoms with Gasteiger partial charge in [-0.15, -0.1) is 0 Å². The standard InChI is InChI=1S/C16H22N2/c1-13-7-8-15(11-14(13)2)12-18(10-9-17)16-5-3-4-6-16/h7-8,11,16H,3-6,10,12H2,1-2H3. The second-order valence-electron chi connectivity index (χ2n) is 5.42. The van der Waals surface area contributed by atoms with Gasteiger partial charge in [-0.05, 0) is 43.4 Å². The summed E-state index contributed by atoms with van der Waals surface area (Å²) < 4.78 is 0. The molecule has 2 nitrogen and oxygen atoms in total. The molecule has 96 valence electrons. The van der Waals surface area contributed by atoms with Gasteiger partial charge in [0, 0.05) is 12.6 Å². The molecule has 0 unspecified atom stereocenters. The van der Waals surface area contributed by atoms with Crippen LogP contribution in [-0.2, 0) is 6.54 Å². The summed E-state index contributed by atoms with van der Waals surface area (Å²) in [5.41, 5.74) is 4.02. The molecule has 0 bridgehead atoms. The van der Waals surface area contributed by atoms with E-state index >= 15 is 0 Å². The number of nitriles is 1. The molecule has 1 aromatic carbocycles. The van der Waals surface area contributed by atoms with Crippen LogP contribution in [0.4, 0.5) is 0 Å². The summed E-state index contributed by atoms with van der Waals surface area (Å²) in [6.45, 7) is 5.77. The quantitative estimate of drug-likeness (QED) is 0.755. The smallest absolute Gasteiger partial charge is 0.0871 e. The molecule has 0 spiro atoms. The Labute approximate surface area is 110 Å². The molecule has 1 aromatic rings. The van der Waals surface area contributed by atoms with Crippen LogP contribution in [0.1, 0.15) is 42.4 Å². The molecule has 1 aliphatic rings. The van der Waals surface area contributed by atoms with Crippen molar-refractivity contribution in [1.29, 1.82) is 5.26 Å². The molecule has 18 heavy (non-hydrogen) atoms. The van der Waals surface area contributed by atoms with Crippen LogP contribution in [0.15, 0.2) is 18.2 Å². The van der Waals surface area contributed by atoms with Crippen LogP contribution in [-0.4, -0.2) is 17.5 Å². The van der Waals surface area contributed by atoms with E-state index in [0.717, 1.165) is 6.54 Å². The lowest BCUT2D eigenvalue weighted by atomic mass is 10.1. The van der Waals surface area contributed by atoms with E-state index in [1.807, 2.05) is 0 Å². The molecule has 1 fully saturated rings. The highest BCUT2D eigenvalue weighted by Gasteiger charge is 2.22. The van der Waals surface area contributed by atoms with Gasteiger partial charge in [0.15, 0.2) is 0 Å². The molecule has 0 heterocycles. The molecule has 2 rings (SSSR count). The monoisotopic (exact) mass is 242 g/mol. The van der Waals surface area contributed by atoms with Crippen LogP contribution < -0.4 is 0 Å². The van der Waals surface area contributed by atoms with Crippen molar-refractivity contribution in [2.45, 2.75) is 52.1 Å². The van der Waals surface area contributed by atoms with E-state index in [4.69, 9.17) is 5.26 Å². The lowest BCUT2D eigenvalue weighted by Crippen LogP contribution is -2.33. The molecule has 0 atom stereocenters. The molecule has 0 aliphatic heterocycles. The first kappa shape index (κ1) is 13.1. The maximum absolute atomic E-state index is 8.98. The van der Waals surface area contributed by atoms with Crippen LogP contribution in [0.3, 0.4) is 0 Å². The van der Waals surface area contributed by atoms with Crippen molar-refractivity contribution in [2.24, 2.45) is 0 Å². The Hall–Kier alpha value is -1.33. The molecule has 1 aliphatic carbocycles. The SMILES string of the molecule is Cc1ccc(CN(CC#N)C2CCCC2)cc1C. The Morgan fingerprint density at radius 1 is 1.22 bits per heavy atom. The average Bonchev–Trinajstić information content (AvgIpc) is 2.87. The first-order chi connectivity index (χ1) is 8.70. The lowest BCUT2D eigenvalue weighted by molar-refractivity contribution is 0.214. The minimum absolute atomic E-state index is 0.553. The summed E-state index contributed by atoms with van der Waals surface area (Å²) in [7, 11) is 0. The number of benzene rings is 1. The fourth-order valence-electron chi connectivity index (χ4n) is 2.81. The van der Waals surface area contributed by atoms with Crippen LogP contribution in [0.2, 0.25) is 0 Å². The Balaban J connectivity index is 2.07. The molecule has 0 radical (unpaired) electrons. The predicted octanol–water partition coefficient (Wildman–Crippen LogP) is 3.57. The molecular formula is C16H22N2. The van der Waals surface area contributed by atoms with Gasteiger partial charge in [-0.25, -0.2) is 0 Å². The van der Waals surface area contributed by atoms with Crippen molar-refractivity contribution in [3.8, 4) is 6.07 Å². The van der Waals surface area contributed by atoms with E-state index in [9.17, 15) is 0 Å². The normalized spacial score (nSPS) is 16.1. The van der Waals surface area contributed by atoms with Gasteiger partial charge in [-0.2, -0.15) is 5.26 Å². The summed E-state index contributed by atoms with van der Waals surface area (Å²) in [5.74, 6) is 0. The number of hydrogen-bond acceptors (Lipinski definition) is 2. The third kappa shape index (κ3) is 3.11. The Bertz CT molecular complexity index is 439. The summed E-state index contributed by atoms with van der Waals surface area (Å²) in [6.07, 6.45) is 5.15. The minimum atomic E-state index is 0.553. The first-order valence-corrected chi connectivity index (χ1v) is 6.88. The van der Waals surface area contributed by atoms with E-state index < -0.39 is 0 Å². The van der Waals surface area contributed by atoms with Gasteiger partial charge in [0.25, 0.3) is 0 Å². The van der Waals surface area contributed by atoms with Gasteiger partial charge in [0.2, 0.25) is 0 Å². The fraction of sp³-hybridized carbons (Fsp3) is 0.562. The minimum Gasteiger partial charge on any atom is -0.283 e. The second kappa shape index (κ2) is 6.02. The van der Waals surface area contributed by atoms with Crippen LogP contribution in [0.5, 0.6) is 0 Å². The Morgan fingerprint density at radius 3 is 2.56 bits per heavy atom. The van der Waals surface area contributed by atoms with Gasteiger partial charge < -0.3 is 0 Å². The second-order valence-corrected chi connectivity index (χ2v) is 5.42. The van der Waals surface area contributed by atoms with E-state index in [1.54, 1.807) is 0 Å². The highest BCUT2D eigenvalue weighted by atomic mass is 15.2. The fourth-order valence-corrected chi connectivity index (χ4v) is 2.81. The highest BCUT2D eigenvalue weighted by molar-refractivity contribution is 5.29. The predicted molar refractivity (Wildman–Crippen MR) is 74.2 cm³/mol. The van der Waals surface area contributed by atoms with E-state index in [-0.39, 0.29) is 0 Å². The zero-order valence-corrected chi connectivity index (χ0v) is 11.4. The van der Waals surface area contributed by atoms with Crippen molar-refractivity contribution in [2.75, 3.05) is 6.54 Å². The molecule has 2 heteroatoms. The van der Waals surface area contributed by atoms with Gasteiger partial charge in [-0.1, -0.05) is 31.0 Å². The molecule has 0 amide bonds. The summed E-state index contributed by atoms with van der Waals surface area (Å²) in [4.78, 5) is 2.34. The first-order valence-electron chi connectivity index (χ1n) is 6.88. The van der Waals surface area contributed by atoms with Crippen LogP contribution >= 0.6 is 0 Å². The van der Waals surface area contributed by atoms with Gasteiger partial charge in [0.05, 0.1) is 12.6 Å². The number of nitrogens with zero attached hydrogens (tertiary/aromatic N) is 2. The summed E-state index contributed by atoms with van der Waals surface area (Å²) >= 11 is 0. The molecule has 1 saturated carbocycles. The Kier molecular flexibility index (Phi) is 4.38. The van der Waals surface area contributed by atoms with E-state index in [0.29, 0.717) is 12.6 Å². The highest BCUT2D eigenvalue weighted by Crippen LogP contribution is 2.25. The van der Waals surface area contributed by atoms with Crippen molar-refractivity contribution >= 4 is 0 Å². The van der Waals surface area contributed by atoms with E-state index in [2.05, 4.69) is 43.0 Å². The third-order valence-corrected chi connectivity index (χ3v) is 4.07. The summed E-state index contributed by atoms with van der Waals surface area (Å²) in [6, 6.07) is 9.57. The summed E-state index contributed by atoms with van der Waals surface area (Å²) in [5, 5.41) is 8.98. The van der Waals surface area contributed by atoms with Crippen LogP contribution in [0, 0.1) is 25.2 Å². The van der Waals surface area contributed by atoms with Crippen LogP contribution in [0.25, 0.3) is 0 Å². The topological polar surface area (TPSA) is 27.0 Å². The van der Waals surface area contributed by atoms with Crippen molar-refractivity contribution in [1.82, 2.24) is 4.90 Å². The number of hydrogen-bond donors (Lipinski definition) is 0. The number of aryl methyl sites for hydroxylation is 2. The maximum atomic E-state index is 8.98. The van der Waals surface area contributed by atoms with Gasteiger partial charge in [-0.3, -0.25) is 4.90 Å². The maximum Gasteiger partial charge on any atom is 0.0871 e. The van der Waals surface area contributed by atoms with Crippen molar-refractivity contribution in [3.63, 3.8) is 0 Å². The zero-order chi connectivity index (χ0) is 13.0. The van der Waals surface area contributed by atoms with Gasteiger partial charge in [0.1, 0.15) is 0 Å². The molecule has 0 aromatic heterocycles. The van der Waals surface area contributed by atoms with Gasteiger partial charge >= 0.3 is 0 Å². The number of rotatable bonds is 4. The molecule has 0 N–H and O–H groups in total. The third-order valence-electron chi connectivity index (χ3n) is 4.07. The zero-order valence-electron chi connectivity index (χ0n) is 11.4. The van der Waals surface area contributed by atoms with Crippen molar-refractivity contribution < 1.29 is 0 Å². The Morgan fingerprint density at radius 2 is 1.94 bits per heavy atom. The molecular weight excluding hydrogens is 220 g/mol. The average molecular weight is 242 g/mol. The largest absolute Gasteiger partial charge is 0.283 e.